The van der Waals surface area contributed by atoms with Gasteiger partial charge in [-0.05, 0) is 49.2 Å². The van der Waals surface area contributed by atoms with Gasteiger partial charge >= 0.3 is 0 Å². The van der Waals surface area contributed by atoms with Gasteiger partial charge < -0.3 is 14.8 Å². The number of nitrogens with one attached hydrogen (secondary N) is 1. The highest BCUT2D eigenvalue weighted by Crippen LogP contribution is 2.34. The van der Waals surface area contributed by atoms with Crippen molar-refractivity contribution in [2.24, 2.45) is 0 Å². The van der Waals surface area contributed by atoms with E-state index in [0.29, 0.717) is 50.6 Å². The van der Waals surface area contributed by atoms with Gasteiger partial charge in [-0.25, -0.2) is 8.42 Å². The molecule has 1 amide bonds. The fourth-order valence-corrected chi connectivity index (χ4v) is 6.06. The number of nitrogens with zero attached hydrogens (tertiary/aromatic N) is 2. The van der Waals surface area contributed by atoms with Crippen LogP contribution >= 0.6 is 0 Å². The number of hydrogen-bond donors (Lipinski definition) is 1. The van der Waals surface area contributed by atoms with Gasteiger partial charge in [-0.3, -0.25) is 9.69 Å². The Kier molecular flexibility index (Phi) is 7.75. The van der Waals surface area contributed by atoms with E-state index in [1.165, 1.54) is 22.0 Å². The van der Waals surface area contributed by atoms with E-state index in [-0.39, 0.29) is 10.8 Å². The van der Waals surface area contributed by atoms with E-state index >= 15 is 0 Å². The van der Waals surface area contributed by atoms with Crippen molar-refractivity contribution in [1.29, 1.82) is 0 Å². The van der Waals surface area contributed by atoms with Crippen LogP contribution in [0.5, 0.6) is 11.5 Å². The van der Waals surface area contributed by atoms with Crippen molar-refractivity contribution in [3.05, 3.63) is 53.6 Å². The highest BCUT2D eigenvalue weighted by Gasteiger charge is 2.39. The molecule has 2 aliphatic heterocycles. The summed E-state index contributed by atoms with van der Waals surface area (Å²) in [5.41, 5.74) is 2.21. The van der Waals surface area contributed by atoms with Crippen molar-refractivity contribution in [1.82, 2.24) is 14.5 Å². The van der Waals surface area contributed by atoms with Crippen LogP contribution in [0.4, 0.5) is 0 Å². The van der Waals surface area contributed by atoms with Crippen LogP contribution in [0.2, 0.25) is 0 Å². The number of sulfonamides is 1. The third-order valence-electron chi connectivity index (χ3n) is 6.42. The molecule has 2 aromatic rings. The molecular formula is C25H33N3O5S. The quantitative estimate of drug-likeness (QED) is 0.585. The lowest BCUT2D eigenvalue weighted by atomic mass is 10.1. The van der Waals surface area contributed by atoms with E-state index in [1.54, 1.807) is 6.07 Å². The second-order valence-corrected chi connectivity index (χ2v) is 10.5. The maximum absolute atomic E-state index is 13.3. The summed E-state index contributed by atoms with van der Waals surface area (Å²) in [7, 11) is -3.84. The lowest BCUT2D eigenvalue weighted by molar-refractivity contribution is -0.124. The summed E-state index contributed by atoms with van der Waals surface area (Å²) >= 11 is 0. The average Bonchev–Trinajstić information content (AvgIpc) is 3.37. The molecule has 0 bridgehead atoms. The maximum atomic E-state index is 13.3. The van der Waals surface area contributed by atoms with Crippen LogP contribution in [0.25, 0.3) is 0 Å². The van der Waals surface area contributed by atoms with Crippen LogP contribution in [-0.2, 0) is 27.9 Å². The van der Waals surface area contributed by atoms with E-state index in [4.69, 9.17) is 9.47 Å². The predicted molar refractivity (Wildman–Crippen MR) is 129 cm³/mol. The van der Waals surface area contributed by atoms with Gasteiger partial charge in [0.1, 0.15) is 19.3 Å². The molecule has 0 saturated carbocycles. The zero-order valence-corrected chi connectivity index (χ0v) is 20.6. The van der Waals surface area contributed by atoms with Crippen LogP contribution < -0.4 is 14.8 Å². The van der Waals surface area contributed by atoms with E-state index in [1.807, 2.05) is 12.1 Å². The molecule has 0 spiro atoms. The molecule has 34 heavy (non-hydrogen) atoms. The monoisotopic (exact) mass is 487 g/mol. The van der Waals surface area contributed by atoms with Gasteiger partial charge in [0.2, 0.25) is 15.9 Å². The molecule has 2 aliphatic rings. The van der Waals surface area contributed by atoms with Gasteiger partial charge in [0.05, 0.1) is 4.90 Å². The second-order valence-electron chi connectivity index (χ2n) is 8.57. The molecule has 1 fully saturated rings. The average molecular weight is 488 g/mol. The summed E-state index contributed by atoms with van der Waals surface area (Å²) in [6.45, 7) is 8.68. The Morgan fingerprint density at radius 2 is 1.71 bits per heavy atom. The molecule has 1 atom stereocenters. The molecule has 1 saturated heterocycles. The lowest BCUT2D eigenvalue weighted by Gasteiger charge is -2.24. The number of benzene rings is 2. The van der Waals surface area contributed by atoms with Crippen LogP contribution in [0, 0.1) is 0 Å². The minimum Gasteiger partial charge on any atom is -0.486 e. The minimum atomic E-state index is -3.84. The van der Waals surface area contributed by atoms with Crippen molar-refractivity contribution in [3.8, 4) is 11.5 Å². The number of rotatable bonds is 9. The fraction of sp³-hybridized carbons (Fsp3) is 0.480. The molecule has 8 nitrogen and oxygen atoms in total. The van der Waals surface area contributed by atoms with Crippen LogP contribution in [0.1, 0.15) is 37.8 Å². The summed E-state index contributed by atoms with van der Waals surface area (Å²) in [5, 5.41) is 2.93. The van der Waals surface area contributed by atoms with E-state index < -0.39 is 16.1 Å². The van der Waals surface area contributed by atoms with Crippen molar-refractivity contribution >= 4 is 15.9 Å². The number of fused-ring (bicyclic) bond motifs is 1. The van der Waals surface area contributed by atoms with Crippen LogP contribution in [-0.4, -0.2) is 62.4 Å². The summed E-state index contributed by atoms with van der Waals surface area (Å²) in [6.07, 6.45) is 1.14. The van der Waals surface area contributed by atoms with Gasteiger partial charge in [0, 0.05) is 25.7 Å². The third-order valence-corrected chi connectivity index (χ3v) is 8.32. The third kappa shape index (κ3) is 5.37. The number of ether oxygens (including phenoxy) is 2. The standard InChI is InChI=1S/C25H33N3O5S/c1-3-27(4-2)18-20-9-7-19(8-10-20)17-26-25(29)22-6-5-13-28(22)34(30,31)21-11-12-23-24(16-21)33-15-14-32-23/h7-12,16,22H,3-6,13-15,17-18H2,1-2H3,(H,26,29). The van der Waals surface area contributed by atoms with Gasteiger partial charge in [0.15, 0.2) is 11.5 Å². The molecule has 1 unspecified atom stereocenters. The topological polar surface area (TPSA) is 88.2 Å². The van der Waals surface area contributed by atoms with Crippen molar-refractivity contribution in [2.45, 2.75) is 50.7 Å². The second kappa shape index (κ2) is 10.8. The van der Waals surface area contributed by atoms with Gasteiger partial charge in [0.25, 0.3) is 0 Å². The number of carbonyl (C=O) groups excluding carboxylic acids is 1. The summed E-state index contributed by atoms with van der Waals surface area (Å²) in [6, 6.07) is 12.1. The van der Waals surface area contributed by atoms with E-state index in [9.17, 15) is 13.2 Å². The largest absolute Gasteiger partial charge is 0.486 e. The smallest absolute Gasteiger partial charge is 0.243 e. The molecular weight excluding hydrogens is 454 g/mol. The van der Waals surface area contributed by atoms with Crippen LogP contribution in [0.3, 0.4) is 0 Å². The molecule has 9 heteroatoms. The minimum absolute atomic E-state index is 0.111. The Labute approximate surface area is 201 Å². The molecule has 0 aliphatic carbocycles. The Morgan fingerprint density at radius 1 is 1.03 bits per heavy atom. The molecule has 2 aromatic carbocycles. The molecule has 2 heterocycles. The van der Waals surface area contributed by atoms with Crippen LogP contribution in [0.15, 0.2) is 47.4 Å². The molecule has 1 N–H and O–H groups in total. The van der Waals surface area contributed by atoms with Crippen molar-refractivity contribution in [3.63, 3.8) is 0 Å². The number of amides is 1. The molecule has 4 rings (SSSR count). The van der Waals surface area contributed by atoms with E-state index in [2.05, 4.69) is 36.2 Å². The first kappa shape index (κ1) is 24.5. The highest BCUT2D eigenvalue weighted by molar-refractivity contribution is 7.89. The maximum Gasteiger partial charge on any atom is 0.243 e. The van der Waals surface area contributed by atoms with Crippen molar-refractivity contribution < 1.29 is 22.7 Å². The lowest BCUT2D eigenvalue weighted by Crippen LogP contribution is -2.45. The SMILES string of the molecule is CCN(CC)Cc1ccc(CNC(=O)C2CCCN2S(=O)(=O)c2ccc3c(c2)OCCO3)cc1. The Balaban J connectivity index is 1.39. The molecule has 0 radical (unpaired) electrons. The summed E-state index contributed by atoms with van der Waals surface area (Å²) < 4.78 is 39.0. The van der Waals surface area contributed by atoms with Crippen molar-refractivity contribution in [2.75, 3.05) is 32.8 Å². The Hall–Kier alpha value is -2.62. The first-order chi connectivity index (χ1) is 16.4. The van der Waals surface area contributed by atoms with Gasteiger partial charge in [-0.1, -0.05) is 38.1 Å². The Morgan fingerprint density at radius 3 is 2.41 bits per heavy atom. The van der Waals surface area contributed by atoms with E-state index in [0.717, 1.165) is 25.2 Å². The van der Waals surface area contributed by atoms with Gasteiger partial charge in [-0.2, -0.15) is 4.31 Å². The summed E-state index contributed by atoms with van der Waals surface area (Å²) in [4.78, 5) is 15.4. The highest BCUT2D eigenvalue weighted by atomic mass is 32.2. The molecule has 184 valence electrons. The summed E-state index contributed by atoms with van der Waals surface area (Å²) in [5.74, 6) is 0.673. The first-order valence-corrected chi connectivity index (χ1v) is 13.4. The first-order valence-electron chi connectivity index (χ1n) is 11.9. The Bertz CT molecular complexity index is 1100. The number of carbonyl (C=O) groups is 1. The zero-order valence-electron chi connectivity index (χ0n) is 19.8. The zero-order chi connectivity index (χ0) is 24.1. The molecule has 0 aromatic heterocycles. The fourth-order valence-electron chi connectivity index (χ4n) is 4.38. The van der Waals surface area contributed by atoms with Gasteiger partial charge in [-0.15, -0.1) is 0 Å². The normalized spacial score (nSPS) is 18.3. The number of hydrogen-bond acceptors (Lipinski definition) is 6. The predicted octanol–water partition coefficient (Wildman–Crippen LogP) is 2.77.